The maximum atomic E-state index is 13.2. The van der Waals surface area contributed by atoms with Crippen molar-refractivity contribution in [3.8, 4) is 16.9 Å². The third-order valence-corrected chi connectivity index (χ3v) is 8.06. The molecule has 194 valence electrons. The Morgan fingerprint density at radius 3 is 2.49 bits per heavy atom. The van der Waals surface area contributed by atoms with Crippen LogP contribution < -0.4 is 10.4 Å². The van der Waals surface area contributed by atoms with Gasteiger partial charge in [0.25, 0.3) is 0 Å². The van der Waals surface area contributed by atoms with Crippen molar-refractivity contribution in [1.82, 2.24) is 24.2 Å². The van der Waals surface area contributed by atoms with Crippen LogP contribution in [0.4, 0.5) is 0 Å². The average molecular weight is 502 g/mol. The van der Waals surface area contributed by atoms with Crippen LogP contribution in [-0.2, 0) is 11.8 Å². The van der Waals surface area contributed by atoms with E-state index in [0.717, 1.165) is 65.7 Å². The highest BCUT2D eigenvalue weighted by Crippen LogP contribution is 2.37. The molecule has 37 heavy (non-hydrogen) atoms. The standard InChI is InChI=1S/C29H35N5O3/c1-32-28-27(34(29(32)35)22-18-24(19-22)36-2)25-17-21(9-12-26(25)30-31-28)20-7-10-23(11-8-20)37-16-6-15-33-13-4-3-5-14-33/h7-12,17,22,24H,3-6,13-16,18-19H2,1-2H3/t22-,24+. The molecular formula is C29H35N5O3. The summed E-state index contributed by atoms with van der Waals surface area (Å²) in [6.45, 7) is 4.31. The summed E-state index contributed by atoms with van der Waals surface area (Å²) in [6.07, 6.45) is 6.94. The minimum atomic E-state index is -0.0523. The smallest absolute Gasteiger partial charge is 0.330 e. The Labute approximate surface area is 216 Å². The normalized spacial score (nSPS) is 20.4. The molecule has 2 fully saturated rings. The molecule has 8 nitrogen and oxygen atoms in total. The van der Waals surface area contributed by atoms with E-state index in [2.05, 4.69) is 39.4 Å². The molecule has 6 rings (SSSR count). The molecule has 0 amide bonds. The molecule has 0 atom stereocenters. The minimum Gasteiger partial charge on any atom is -0.494 e. The lowest BCUT2D eigenvalue weighted by atomic mass is 9.89. The fourth-order valence-electron chi connectivity index (χ4n) is 5.76. The number of nitrogens with zero attached hydrogens (tertiary/aromatic N) is 5. The minimum absolute atomic E-state index is 0.0523. The zero-order valence-corrected chi connectivity index (χ0v) is 21.7. The number of methoxy groups -OCH3 is 1. The third kappa shape index (κ3) is 4.64. The summed E-state index contributed by atoms with van der Waals surface area (Å²) in [5.41, 5.74) is 4.37. The van der Waals surface area contributed by atoms with Gasteiger partial charge in [0.1, 0.15) is 11.3 Å². The highest BCUT2D eigenvalue weighted by molar-refractivity contribution is 6.02. The van der Waals surface area contributed by atoms with Crippen molar-refractivity contribution in [2.45, 2.75) is 50.7 Å². The zero-order chi connectivity index (χ0) is 25.4. The maximum absolute atomic E-state index is 13.2. The van der Waals surface area contributed by atoms with E-state index < -0.39 is 0 Å². The SMILES string of the molecule is CO[C@H]1C[C@@H](n2c(=O)n(C)c3nnc4ccc(-c5ccc(OCCCN6CCCCC6)cc5)cc4c32)C1. The van der Waals surface area contributed by atoms with Gasteiger partial charge in [-0.25, -0.2) is 4.79 Å². The van der Waals surface area contributed by atoms with E-state index in [1.165, 1.54) is 32.4 Å². The van der Waals surface area contributed by atoms with Gasteiger partial charge in [-0.1, -0.05) is 24.6 Å². The van der Waals surface area contributed by atoms with Crippen molar-refractivity contribution >= 4 is 22.1 Å². The molecule has 8 heteroatoms. The van der Waals surface area contributed by atoms with E-state index in [1.54, 1.807) is 18.7 Å². The van der Waals surface area contributed by atoms with Gasteiger partial charge >= 0.3 is 5.69 Å². The summed E-state index contributed by atoms with van der Waals surface area (Å²) < 4.78 is 15.0. The van der Waals surface area contributed by atoms with E-state index in [4.69, 9.17) is 9.47 Å². The van der Waals surface area contributed by atoms with Gasteiger partial charge in [0.2, 0.25) is 0 Å². The van der Waals surface area contributed by atoms with E-state index in [0.29, 0.717) is 5.65 Å². The fraction of sp³-hybridized carbons (Fsp3) is 0.483. The number of hydrogen-bond donors (Lipinski definition) is 0. The van der Waals surface area contributed by atoms with Crippen molar-refractivity contribution in [3.05, 3.63) is 52.9 Å². The Morgan fingerprint density at radius 2 is 1.73 bits per heavy atom. The van der Waals surface area contributed by atoms with Crippen molar-refractivity contribution in [2.75, 3.05) is 33.4 Å². The van der Waals surface area contributed by atoms with Gasteiger partial charge < -0.3 is 14.4 Å². The first-order valence-electron chi connectivity index (χ1n) is 13.5. The van der Waals surface area contributed by atoms with E-state index in [9.17, 15) is 4.79 Å². The van der Waals surface area contributed by atoms with Crippen LogP contribution in [0.2, 0.25) is 0 Å². The van der Waals surface area contributed by atoms with Gasteiger partial charge in [-0.3, -0.25) is 9.13 Å². The molecule has 2 aromatic heterocycles. The van der Waals surface area contributed by atoms with Crippen LogP contribution in [0.25, 0.3) is 33.2 Å². The Morgan fingerprint density at radius 1 is 0.973 bits per heavy atom. The number of imidazole rings is 1. The van der Waals surface area contributed by atoms with Crippen molar-refractivity contribution in [3.63, 3.8) is 0 Å². The molecule has 2 aliphatic rings. The second-order valence-corrected chi connectivity index (χ2v) is 10.4. The van der Waals surface area contributed by atoms with E-state index >= 15 is 0 Å². The monoisotopic (exact) mass is 501 g/mol. The molecule has 0 bridgehead atoms. The van der Waals surface area contributed by atoms with Gasteiger partial charge in [0.05, 0.1) is 18.2 Å². The first-order chi connectivity index (χ1) is 18.1. The highest BCUT2D eigenvalue weighted by atomic mass is 16.5. The molecule has 2 aromatic carbocycles. The quantitative estimate of drug-likeness (QED) is 0.330. The Balaban J connectivity index is 1.23. The Kier molecular flexibility index (Phi) is 6.69. The number of aromatic nitrogens is 4. The Hall–Kier alpha value is -3.23. The van der Waals surface area contributed by atoms with Crippen molar-refractivity contribution in [1.29, 1.82) is 0 Å². The summed E-state index contributed by atoms with van der Waals surface area (Å²) >= 11 is 0. The first-order valence-corrected chi connectivity index (χ1v) is 13.5. The van der Waals surface area contributed by atoms with Crippen LogP contribution in [0.1, 0.15) is 44.6 Å². The van der Waals surface area contributed by atoms with Crippen LogP contribution in [0.15, 0.2) is 47.3 Å². The topological polar surface area (TPSA) is 74.4 Å². The molecule has 0 unspecified atom stereocenters. The number of hydrogen-bond acceptors (Lipinski definition) is 6. The van der Waals surface area contributed by atoms with Crippen LogP contribution >= 0.6 is 0 Å². The van der Waals surface area contributed by atoms with Crippen LogP contribution in [0, 0.1) is 0 Å². The van der Waals surface area contributed by atoms with Gasteiger partial charge in [0.15, 0.2) is 5.65 Å². The molecule has 1 aliphatic carbocycles. The lowest BCUT2D eigenvalue weighted by molar-refractivity contribution is 0.00635. The summed E-state index contributed by atoms with van der Waals surface area (Å²) in [7, 11) is 3.50. The molecular weight excluding hydrogens is 466 g/mol. The molecule has 4 aromatic rings. The number of likely N-dealkylation sites (tertiary alicyclic amines) is 1. The number of piperidine rings is 1. The lowest BCUT2D eigenvalue weighted by Gasteiger charge is -2.34. The maximum Gasteiger partial charge on any atom is 0.330 e. The molecule has 1 aliphatic heterocycles. The van der Waals surface area contributed by atoms with E-state index in [1.807, 2.05) is 22.8 Å². The van der Waals surface area contributed by atoms with Gasteiger partial charge in [-0.2, -0.15) is 0 Å². The molecule has 0 radical (unpaired) electrons. The van der Waals surface area contributed by atoms with Crippen LogP contribution in [0.5, 0.6) is 5.75 Å². The van der Waals surface area contributed by atoms with Gasteiger partial charge in [-0.05, 0) is 80.6 Å². The van der Waals surface area contributed by atoms with Crippen LogP contribution in [0.3, 0.4) is 0 Å². The number of benzene rings is 2. The summed E-state index contributed by atoms with van der Waals surface area (Å²) in [4.78, 5) is 15.7. The summed E-state index contributed by atoms with van der Waals surface area (Å²) in [5.74, 6) is 0.894. The highest BCUT2D eigenvalue weighted by Gasteiger charge is 2.34. The zero-order valence-electron chi connectivity index (χ0n) is 21.7. The molecule has 1 saturated carbocycles. The third-order valence-electron chi connectivity index (χ3n) is 8.06. The molecule has 3 heterocycles. The van der Waals surface area contributed by atoms with Crippen molar-refractivity contribution in [2.24, 2.45) is 7.05 Å². The predicted molar refractivity (Wildman–Crippen MR) is 145 cm³/mol. The number of fused-ring (bicyclic) bond motifs is 3. The summed E-state index contributed by atoms with van der Waals surface area (Å²) in [6, 6.07) is 14.6. The molecule has 0 spiro atoms. The largest absolute Gasteiger partial charge is 0.494 e. The second kappa shape index (κ2) is 10.3. The molecule has 1 saturated heterocycles. The van der Waals surface area contributed by atoms with Gasteiger partial charge in [-0.15, -0.1) is 10.2 Å². The van der Waals surface area contributed by atoms with Crippen molar-refractivity contribution < 1.29 is 9.47 Å². The molecule has 0 N–H and O–H groups in total. The second-order valence-electron chi connectivity index (χ2n) is 10.4. The summed E-state index contributed by atoms with van der Waals surface area (Å²) in [5, 5.41) is 9.75. The van der Waals surface area contributed by atoms with Gasteiger partial charge in [0, 0.05) is 32.1 Å². The Bertz CT molecular complexity index is 1450. The lowest BCUT2D eigenvalue weighted by Crippen LogP contribution is -2.37. The first kappa shape index (κ1) is 24.1. The van der Waals surface area contributed by atoms with E-state index in [-0.39, 0.29) is 17.8 Å². The number of aryl methyl sites for hydroxylation is 1. The van der Waals surface area contributed by atoms with Crippen LogP contribution in [-0.4, -0.2) is 63.7 Å². The number of rotatable bonds is 8. The predicted octanol–water partition coefficient (Wildman–Crippen LogP) is 4.55. The number of ether oxygens (including phenoxy) is 2. The average Bonchev–Trinajstić information content (AvgIpc) is 3.17. The fourth-order valence-corrected chi connectivity index (χ4v) is 5.76.